The molecule has 9 aromatic rings. The molecule has 3 aromatic carbocycles. The number of nitrogens with zero attached hydrogens (tertiary/aromatic N) is 3. The third-order valence-corrected chi connectivity index (χ3v) is 12.5. The van der Waals surface area contributed by atoms with Crippen molar-refractivity contribution in [3.05, 3.63) is 172 Å². The fourth-order valence-corrected chi connectivity index (χ4v) is 8.47. The first kappa shape index (κ1) is 72.2. The second-order valence-electron chi connectivity index (χ2n) is 15.3. The molecule has 6 heterocycles. The van der Waals surface area contributed by atoms with Gasteiger partial charge in [0.1, 0.15) is 71.7 Å². The summed E-state index contributed by atoms with van der Waals surface area (Å²) in [6.45, 7) is 2.00. The number of pyridine rings is 3. The van der Waals surface area contributed by atoms with E-state index in [9.17, 15) is 23.5 Å². The maximum Gasteiger partial charge on any atom is 0.198 e. The Balaban J connectivity index is 0.000000548. The smallest absolute Gasteiger partial charge is 0.198 e. The van der Waals surface area contributed by atoms with Crippen molar-refractivity contribution in [2.45, 2.75) is 43.2 Å². The first-order chi connectivity index (χ1) is 36.1. The van der Waals surface area contributed by atoms with Crippen molar-refractivity contribution in [3.63, 3.8) is 0 Å². The number of benzene rings is 3. The van der Waals surface area contributed by atoms with E-state index in [1.165, 1.54) is 37.7 Å². The first-order valence-corrected chi connectivity index (χ1v) is 24.6. The van der Waals surface area contributed by atoms with E-state index in [-0.39, 0.29) is 97.8 Å². The van der Waals surface area contributed by atoms with Crippen LogP contribution >= 0.6 is 81.2 Å². The number of H-pyrrole nitrogens is 3. The molecule has 0 fully saturated rings. The molecule has 24 heteroatoms. The number of aromatic amines is 3. The van der Waals surface area contributed by atoms with Gasteiger partial charge in [-0.3, -0.25) is 9.59 Å². The Morgan fingerprint density at radius 2 is 1.06 bits per heavy atom. The van der Waals surface area contributed by atoms with Gasteiger partial charge in [-0.15, -0.1) is 0 Å². The SMILES string of the molecule is C.C.C.C.C.COCCOc1ccc(Cl)c(C(=O)c2c[nH]c3ncc(Cl)cc23)c1Cl.COCCOc1ccc(F)c(C(O)c2c[nH]c3ncc(Cl)cc23)c1Cl.COCCOc1ccc(F)c(C=O)c1Cl.Clc1cnc2[nH]ccc2c1. The number of hydrogen-bond donors (Lipinski definition) is 4. The fourth-order valence-electron chi connectivity index (χ4n) is 6.83. The lowest BCUT2D eigenvalue weighted by Gasteiger charge is -2.16. The van der Waals surface area contributed by atoms with E-state index in [2.05, 4.69) is 29.9 Å². The van der Waals surface area contributed by atoms with Crippen LogP contribution in [0.1, 0.15) is 80.6 Å². The monoisotopic (exact) mass is 1250 g/mol. The van der Waals surface area contributed by atoms with Crippen LogP contribution in [0.5, 0.6) is 17.2 Å². The van der Waals surface area contributed by atoms with Gasteiger partial charge in [0.15, 0.2) is 12.1 Å². The Morgan fingerprint density at radius 1 is 0.588 bits per heavy atom. The maximum absolute atomic E-state index is 14.4. The molecule has 0 aliphatic carbocycles. The predicted molar refractivity (Wildman–Crippen MR) is 321 cm³/mol. The number of hydrogen-bond acceptors (Lipinski definition) is 12. The summed E-state index contributed by atoms with van der Waals surface area (Å²) in [4.78, 5) is 44.7. The summed E-state index contributed by atoms with van der Waals surface area (Å²) in [7, 11) is 4.64. The number of aliphatic hydroxyl groups is 1. The van der Waals surface area contributed by atoms with Crippen LogP contribution in [0, 0.1) is 11.6 Å². The zero-order valence-electron chi connectivity index (χ0n) is 39.6. The van der Waals surface area contributed by atoms with Crippen molar-refractivity contribution in [1.29, 1.82) is 0 Å². The van der Waals surface area contributed by atoms with Gasteiger partial charge >= 0.3 is 0 Å². The van der Waals surface area contributed by atoms with Gasteiger partial charge in [0.2, 0.25) is 0 Å². The third kappa shape index (κ3) is 18.4. The van der Waals surface area contributed by atoms with Crippen LogP contribution < -0.4 is 14.2 Å². The maximum atomic E-state index is 14.4. The highest BCUT2D eigenvalue weighted by atomic mass is 35.5. The standard InChI is InChI=1S/C17H13Cl3N2O3.C17H15Cl2FN2O3.C10H10ClFO3.C7H5ClN2.5CH4/c1-24-4-5-25-13-3-2-12(19)14(15(13)20)16(23)11-8-22-17-10(11)6-9(18)7-21-17;1-24-4-5-25-13-3-2-12(20)14(15(13)19)16(23)11-8-22-17-10(11)6-9(18)7-21-17;1-14-4-5-15-9-3-2-8(12)7(6-13)10(9)11;8-6-3-5-1-2-9-7(5)10-4-6;;;;;/h2-3,6-8H,4-5H2,1H3,(H,21,22);2-3,6-8,16,23H,4-5H2,1H3,(H,21,22);2-3,6H,4-5H2,1H3;1-4H,(H,9,10);5*1H4. The van der Waals surface area contributed by atoms with Crippen molar-refractivity contribution in [2.75, 3.05) is 61.0 Å². The van der Waals surface area contributed by atoms with E-state index in [1.807, 2.05) is 18.3 Å². The van der Waals surface area contributed by atoms with Crippen LogP contribution in [-0.2, 0) is 14.2 Å². The number of carbonyl (C=O) groups excluding carboxylic acids is 2. The molecule has 1 atom stereocenters. The Bertz CT molecular complexity index is 3400. The average molecular weight is 1250 g/mol. The quantitative estimate of drug-likeness (QED) is 0.0383. The van der Waals surface area contributed by atoms with Gasteiger partial charge in [-0.1, -0.05) is 118 Å². The van der Waals surface area contributed by atoms with Crippen molar-refractivity contribution >= 4 is 126 Å². The molecule has 0 radical (unpaired) electrons. The molecule has 1 unspecified atom stereocenters. The number of ketones is 1. The van der Waals surface area contributed by atoms with Crippen molar-refractivity contribution in [2.24, 2.45) is 0 Å². The Morgan fingerprint density at radius 3 is 1.62 bits per heavy atom. The molecule has 0 spiro atoms. The zero-order valence-corrected chi connectivity index (χ0v) is 44.9. The summed E-state index contributed by atoms with van der Waals surface area (Å²) < 4.78 is 58.2. The fraction of sp³-hybridized carbons (Fsp3) is 0.268. The van der Waals surface area contributed by atoms with E-state index >= 15 is 0 Å². The highest BCUT2D eigenvalue weighted by molar-refractivity contribution is 6.42. The van der Waals surface area contributed by atoms with E-state index < -0.39 is 17.7 Å². The number of nitrogens with one attached hydrogen (secondary N) is 3. The third-order valence-electron chi connectivity index (χ3n) is 10.4. The lowest BCUT2D eigenvalue weighted by atomic mass is 10.0. The molecule has 0 amide bonds. The molecule has 4 N–H and O–H groups in total. The molecule has 0 aliphatic rings. The van der Waals surface area contributed by atoms with Gasteiger partial charge in [-0.2, -0.15) is 0 Å². The van der Waals surface area contributed by atoms with Crippen LogP contribution in [0.2, 0.25) is 35.2 Å². The lowest BCUT2D eigenvalue weighted by molar-refractivity contribution is 0.103. The van der Waals surface area contributed by atoms with Gasteiger partial charge in [-0.25, -0.2) is 23.7 Å². The van der Waals surface area contributed by atoms with E-state index in [0.717, 1.165) is 17.1 Å². The summed E-state index contributed by atoms with van der Waals surface area (Å²) in [5, 5.41) is 14.8. The van der Waals surface area contributed by atoms with Gasteiger partial charge in [-0.05, 0) is 60.7 Å². The minimum atomic E-state index is -1.31. The van der Waals surface area contributed by atoms with Gasteiger partial charge in [0.05, 0.1) is 66.1 Å². The van der Waals surface area contributed by atoms with Crippen molar-refractivity contribution in [3.8, 4) is 17.2 Å². The first-order valence-electron chi connectivity index (χ1n) is 21.9. The second kappa shape index (κ2) is 35.1. The molecule has 0 saturated carbocycles. The molecule has 0 bridgehead atoms. The number of aromatic nitrogens is 6. The van der Waals surface area contributed by atoms with E-state index in [1.54, 1.807) is 57.1 Å². The molecular formula is C56H63Cl7F2N6O9. The molecule has 9 rings (SSSR count). The number of carbonyl (C=O) groups is 2. The summed E-state index contributed by atoms with van der Waals surface area (Å²) >= 11 is 42.3. The highest BCUT2D eigenvalue weighted by Gasteiger charge is 2.26. The number of ether oxygens (including phenoxy) is 6. The summed E-state index contributed by atoms with van der Waals surface area (Å²) in [6.07, 6.45) is 8.60. The zero-order chi connectivity index (χ0) is 54.2. The van der Waals surface area contributed by atoms with Crippen LogP contribution in [0.15, 0.2) is 97.8 Å². The molecular weight excluding hydrogens is 1190 g/mol. The number of methoxy groups -OCH3 is 3. The molecule has 6 aromatic heterocycles. The minimum Gasteiger partial charge on any atom is -0.490 e. The van der Waals surface area contributed by atoms with Crippen molar-refractivity contribution in [1.82, 2.24) is 29.9 Å². The van der Waals surface area contributed by atoms with Crippen LogP contribution in [0.25, 0.3) is 33.1 Å². The predicted octanol–water partition coefficient (Wildman–Crippen LogP) is 16.6. The number of fused-ring (bicyclic) bond motifs is 3. The minimum absolute atomic E-state index is 0. The summed E-state index contributed by atoms with van der Waals surface area (Å²) in [5.74, 6) is -0.734. The molecule has 80 heavy (non-hydrogen) atoms. The second-order valence-corrected chi connectivity index (χ2v) is 18.1. The van der Waals surface area contributed by atoms with Crippen LogP contribution in [-0.4, -0.2) is 108 Å². The van der Waals surface area contributed by atoms with E-state index in [4.69, 9.17) is 110 Å². The largest absolute Gasteiger partial charge is 0.490 e. The number of rotatable bonds is 17. The Labute approximate surface area is 499 Å². The number of aliphatic hydroxyl groups excluding tert-OH is 1. The Hall–Kier alpha value is -5.80. The van der Waals surface area contributed by atoms with Crippen molar-refractivity contribution < 1.29 is 51.9 Å². The van der Waals surface area contributed by atoms with Gasteiger partial charge < -0.3 is 48.5 Å². The molecule has 0 aliphatic heterocycles. The van der Waals surface area contributed by atoms with Gasteiger partial charge in [0, 0.05) is 91.4 Å². The highest BCUT2D eigenvalue weighted by Crippen LogP contribution is 2.40. The molecule has 15 nitrogen and oxygen atoms in total. The molecule has 0 saturated heterocycles. The number of halogens is 9. The van der Waals surface area contributed by atoms with Crippen LogP contribution in [0.4, 0.5) is 8.78 Å². The topological polar surface area (TPSA) is 196 Å². The summed E-state index contributed by atoms with van der Waals surface area (Å²) in [5.41, 5.74) is 2.66. The summed E-state index contributed by atoms with van der Waals surface area (Å²) in [6, 6.07) is 15.4. The average Bonchev–Trinajstić information content (AvgIpc) is 4.17. The van der Waals surface area contributed by atoms with Gasteiger partial charge in [0.25, 0.3) is 0 Å². The lowest BCUT2D eigenvalue weighted by Crippen LogP contribution is -2.08. The normalized spacial score (nSPS) is 10.6. The Kier molecular flexibility index (Phi) is 31.7. The van der Waals surface area contributed by atoms with E-state index in [0.29, 0.717) is 93.3 Å². The molecule has 434 valence electrons. The van der Waals surface area contributed by atoms with Crippen LogP contribution in [0.3, 0.4) is 0 Å². The number of aldehydes is 1.